The molecular weight excluding hydrogens is 264 g/mol. The van der Waals surface area contributed by atoms with Crippen molar-refractivity contribution in [2.24, 2.45) is 0 Å². The highest BCUT2D eigenvalue weighted by molar-refractivity contribution is 5.75. The number of aryl methyl sites for hydroxylation is 2. The van der Waals surface area contributed by atoms with Gasteiger partial charge in [-0.05, 0) is 51.8 Å². The third-order valence-corrected chi connectivity index (χ3v) is 4.27. The second-order valence-electron chi connectivity index (χ2n) is 6.15. The molecule has 1 aromatic heterocycles. The molecule has 5 heteroatoms. The molecule has 0 bridgehead atoms. The number of hydrogen-bond donors (Lipinski definition) is 1. The van der Waals surface area contributed by atoms with Crippen LogP contribution in [0.5, 0.6) is 0 Å². The Morgan fingerprint density at radius 1 is 1.48 bits per heavy atom. The Bertz CT molecular complexity index is 443. The summed E-state index contributed by atoms with van der Waals surface area (Å²) in [6, 6.07) is 0.594. The quantitative estimate of drug-likeness (QED) is 0.782. The van der Waals surface area contributed by atoms with Crippen molar-refractivity contribution >= 4 is 5.91 Å². The maximum Gasteiger partial charge on any atom is 0.220 e. The monoisotopic (exact) mass is 292 g/mol. The number of nitrogens with zero attached hydrogens (tertiary/aromatic N) is 3. The van der Waals surface area contributed by atoms with Gasteiger partial charge in [0.2, 0.25) is 5.91 Å². The predicted octanol–water partition coefficient (Wildman–Crippen LogP) is 1.96. The number of hydrogen-bond acceptors (Lipinski definition) is 3. The molecule has 1 saturated heterocycles. The van der Waals surface area contributed by atoms with E-state index in [1.165, 1.54) is 31.4 Å². The van der Waals surface area contributed by atoms with Gasteiger partial charge in [-0.1, -0.05) is 6.42 Å². The zero-order valence-electron chi connectivity index (χ0n) is 13.3. The largest absolute Gasteiger partial charge is 0.356 e. The molecule has 21 heavy (non-hydrogen) atoms. The lowest BCUT2D eigenvalue weighted by molar-refractivity contribution is -0.121. The molecule has 0 aromatic carbocycles. The van der Waals surface area contributed by atoms with Crippen LogP contribution in [-0.4, -0.2) is 46.8 Å². The van der Waals surface area contributed by atoms with E-state index in [4.69, 9.17) is 0 Å². The van der Waals surface area contributed by atoms with Crippen LogP contribution in [0.2, 0.25) is 0 Å². The van der Waals surface area contributed by atoms with Gasteiger partial charge in [0.1, 0.15) is 0 Å². The number of carbonyl (C=O) groups is 1. The molecule has 118 valence electrons. The summed E-state index contributed by atoms with van der Waals surface area (Å²) in [5.74, 6) is 0.186. The molecule has 1 aliphatic rings. The van der Waals surface area contributed by atoms with Gasteiger partial charge in [0.15, 0.2) is 0 Å². The Morgan fingerprint density at radius 3 is 3.05 bits per heavy atom. The van der Waals surface area contributed by atoms with Crippen LogP contribution in [0.25, 0.3) is 0 Å². The van der Waals surface area contributed by atoms with E-state index in [2.05, 4.69) is 22.4 Å². The summed E-state index contributed by atoms with van der Waals surface area (Å²) in [4.78, 5) is 14.3. The number of rotatable bonds is 7. The van der Waals surface area contributed by atoms with Crippen molar-refractivity contribution < 1.29 is 4.79 Å². The van der Waals surface area contributed by atoms with Crippen LogP contribution < -0.4 is 5.32 Å². The van der Waals surface area contributed by atoms with Gasteiger partial charge < -0.3 is 10.2 Å². The summed E-state index contributed by atoms with van der Waals surface area (Å²) < 4.78 is 1.93. The van der Waals surface area contributed by atoms with Crippen molar-refractivity contribution in [3.63, 3.8) is 0 Å². The van der Waals surface area contributed by atoms with Gasteiger partial charge in [0, 0.05) is 31.7 Å². The highest BCUT2D eigenvalue weighted by Gasteiger charge is 2.19. The lowest BCUT2D eigenvalue weighted by Gasteiger charge is -2.32. The number of carbonyl (C=O) groups excluding carboxylic acids is 1. The van der Waals surface area contributed by atoms with Gasteiger partial charge >= 0.3 is 0 Å². The molecule has 1 aliphatic heterocycles. The predicted molar refractivity (Wildman–Crippen MR) is 84.1 cm³/mol. The van der Waals surface area contributed by atoms with Crippen LogP contribution in [0.1, 0.15) is 44.1 Å². The fourth-order valence-electron chi connectivity index (χ4n) is 2.95. The summed E-state index contributed by atoms with van der Waals surface area (Å²) in [5, 5.41) is 7.25. The van der Waals surface area contributed by atoms with Crippen LogP contribution in [-0.2, 0) is 11.3 Å². The molecule has 1 unspecified atom stereocenters. The molecule has 2 rings (SSSR count). The van der Waals surface area contributed by atoms with Gasteiger partial charge in [-0.25, -0.2) is 0 Å². The maximum absolute atomic E-state index is 11.9. The van der Waals surface area contributed by atoms with Gasteiger partial charge in [-0.2, -0.15) is 5.10 Å². The molecule has 0 saturated carbocycles. The molecular formula is C16H28N4O. The topological polar surface area (TPSA) is 50.2 Å². The summed E-state index contributed by atoms with van der Waals surface area (Å²) in [5.41, 5.74) is 1.18. The van der Waals surface area contributed by atoms with Crippen LogP contribution >= 0.6 is 0 Å². The summed E-state index contributed by atoms with van der Waals surface area (Å²) in [6.45, 7) is 4.81. The standard InChI is InChI=1S/C16H28N4O/c1-14-12-18-20(13-14)11-5-9-17-16(21)8-7-15-6-3-4-10-19(15)2/h12-13,15H,3-11H2,1-2H3,(H,17,21). The van der Waals surface area contributed by atoms with E-state index in [0.717, 1.165) is 25.9 Å². The highest BCUT2D eigenvalue weighted by atomic mass is 16.1. The molecule has 1 amide bonds. The third kappa shape index (κ3) is 5.50. The SMILES string of the molecule is Cc1cnn(CCCNC(=O)CCC2CCCCN2C)c1. The third-order valence-electron chi connectivity index (χ3n) is 4.27. The minimum Gasteiger partial charge on any atom is -0.356 e. The van der Waals surface area contributed by atoms with Crippen molar-refractivity contribution in [2.45, 2.75) is 58.0 Å². The maximum atomic E-state index is 11.9. The van der Waals surface area contributed by atoms with Crippen LogP contribution in [0, 0.1) is 6.92 Å². The van der Waals surface area contributed by atoms with E-state index >= 15 is 0 Å². The minimum absolute atomic E-state index is 0.186. The molecule has 1 atom stereocenters. The Morgan fingerprint density at radius 2 is 2.33 bits per heavy atom. The van der Waals surface area contributed by atoms with Gasteiger partial charge in [0.05, 0.1) is 6.20 Å². The Balaban J connectivity index is 1.55. The molecule has 2 heterocycles. The molecule has 0 aliphatic carbocycles. The highest BCUT2D eigenvalue weighted by Crippen LogP contribution is 2.18. The lowest BCUT2D eigenvalue weighted by atomic mass is 9.98. The van der Waals surface area contributed by atoms with E-state index in [1.807, 2.05) is 24.0 Å². The van der Waals surface area contributed by atoms with Crippen LogP contribution in [0.4, 0.5) is 0 Å². The Kier molecular flexibility index (Phi) is 6.23. The average Bonchev–Trinajstić information content (AvgIpc) is 2.88. The molecule has 0 spiro atoms. The van der Waals surface area contributed by atoms with Crippen LogP contribution in [0.15, 0.2) is 12.4 Å². The first-order valence-corrected chi connectivity index (χ1v) is 8.11. The second kappa shape index (κ2) is 8.17. The number of amides is 1. The number of likely N-dealkylation sites (tertiary alicyclic amines) is 1. The normalized spacial score (nSPS) is 19.6. The fraction of sp³-hybridized carbons (Fsp3) is 0.750. The molecule has 1 fully saturated rings. The lowest BCUT2D eigenvalue weighted by Crippen LogP contribution is -2.37. The number of aromatic nitrogens is 2. The summed E-state index contributed by atoms with van der Waals surface area (Å²) in [7, 11) is 2.17. The first kappa shape index (κ1) is 16.0. The Hall–Kier alpha value is -1.36. The van der Waals surface area contributed by atoms with Gasteiger partial charge in [-0.15, -0.1) is 0 Å². The van der Waals surface area contributed by atoms with Crippen molar-refractivity contribution in [3.05, 3.63) is 18.0 Å². The minimum atomic E-state index is 0.186. The van der Waals surface area contributed by atoms with Gasteiger partial charge in [-0.3, -0.25) is 9.48 Å². The van der Waals surface area contributed by atoms with E-state index in [0.29, 0.717) is 12.5 Å². The molecule has 5 nitrogen and oxygen atoms in total. The zero-order valence-corrected chi connectivity index (χ0v) is 13.3. The smallest absolute Gasteiger partial charge is 0.220 e. The fourth-order valence-corrected chi connectivity index (χ4v) is 2.95. The van der Waals surface area contributed by atoms with Crippen molar-refractivity contribution in [1.29, 1.82) is 0 Å². The van der Waals surface area contributed by atoms with Crippen molar-refractivity contribution in [3.8, 4) is 0 Å². The molecule has 0 radical (unpaired) electrons. The van der Waals surface area contributed by atoms with Crippen molar-refractivity contribution in [1.82, 2.24) is 20.0 Å². The van der Waals surface area contributed by atoms with E-state index in [1.54, 1.807) is 0 Å². The second-order valence-corrected chi connectivity index (χ2v) is 6.15. The first-order valence-electron chi connectivity index (χ1n) is 8.11. The number of piperidine rings is 1. The van der Waals surface area contributed by atoms with Crippen LogP contribution in [0.3, 0.4) is 0 Å². The van der Waals surface area contributed by atoms with Crippen molar-refractivity contribution in [2.75, 3.05) is 20.1 Å². The Labute approximate surface area is 127 Å². The zero-order chi connectivity index (χ0) is 15.1. The average molecular weight is 292 g/mol. The van der Waals surface area contributed by atoms with Gasteiger partial charge in [0.25, 0.3) is 0 Å². The molecule has 1 N–H and O–H groups in total. The molecule has 1 aromatic rings. The summed E-state index contributed by atoms with van der Waals surface area (Å²) >= 11 is 0. The van der Waals surface area contributed by atoms with E-state index in [-0.39, 0.29) is 5.91 Å². The van der Waals surface area contributed by atoms with E-state index < -0.39 is 0 Å². The summed E-state index contributed by atoms with van der Waals surface area (Å²) in [6.07, 6.45) is 10.3. The first-order chi connectivity index (χ1) is 10.1. The van der Waals surface area contributed by atoms with E-state index in [9.17, 15) is 4.79 Å². The number of nitrogens with one attached hydrogen (secondary N) is 1.